The van der Waals surface area contributed by atoms with Gasteiger partial charge in [0.1, 0.15) is 0 Å². The van der Waals surface area contributed by atoms with E-state index in [9.17, 15) is 0 Å². The molecule has 4 heteroatoms. The van der Waals surface area contributed by atoms with E-state index in [-0.39, 0.29) is 0 Å². The van der Waals surface area contributed by atoms with Crippen LogP contribution >= 0.6 is 11.3 Å². The fourth-order valence-corrected chi connectivity index (χ4v) is 8.61. The number of hydrogen-bond acceptors (Lipinski definition) is 4. The molecule has 2 heterocycles. The van der Waals surface area contributed by atoms with Crippen molar-refractivity contribution in [2.45, 2.75) is 0 Å². The van der Waals surface area contributed by atoms with Gasteiger partial charge in [-0.3, -0.25) is 0 Å². The molecule has 0 spiro atoms. The second-order valence-corrected chi connectivity index (χ2v) is 14.7. The molecule has 55 heavy (non-hydrogen) atoms. The third kappa shape index (κ3) is 6.39. The van der Waals surface area contributed by atoms with Gasteiger partial charge in [-0.05, 0) is 75.3 Å². The van der Waals surface area contributed by atoms with Crippen LogP contribution < -0.4 is 0 Å². The van der Waals surface area contributed by atoms with Gasteiger partial charge in [0.15, 0.2) is 17.5 Å². The molecule has 10 rings (SSSR count). The van der Waals surface area contributed by atoms with Crippen molar-refractivity contribution in [2.24, 2.45) is 0 Å². The standard InChI is InChI=1S/C51H33N3S/c1-6-16-34(17-7-1)39-26-27-44-46-32-41(36-20-10-3-11-21-36)31-45(48(46)55-47(44)33-39)42-28-40(35-18-8-2-9-19-35)29-43(30-42)51-53-49(37-22-12-4-13-23-37)52-50(54-51)38-24-14-5-15-25-38/h1-33H. The molecule has 0 saturated heterocycles. The quantitative estimate of drug-likeness (QED) is 0.165. The normalized spacial score (nSPS) is 11.3. The third-order valence-electron chi connectivity index (χ3n) is 10.1. The van der Waals surface area contributed by atoms with E-state index in [1.165, 1.54) is 48.0 Å². The van der Waals surface area contributed by atoms with Crippen LogP contribution in [0.2, 0.25) is 0 Å². The third-order valence-corrected chi connectivity index (χ3v) is 11.3. The first-order valence-corrected chi connectivity index (χ1v) is 19.2. The van der Waals surface area contributed by atoms with E-state index >= 15 is 0 Å². The molecule has 0 aliphatic carbocycles. The minimum Gasteiger partial charge on any atom is -0.208 e. The fraction of sp³-hybridized carbons (Fsp3) is 0. The lowest BCUT2D eigenvalue weighted by Crippen LogP contribution is -2.00. The second kappa shape index (κ2) is 14.1. The topological polar surface area (TPSA) is 38.7 Å². The van der Waals surface area contributed by atoms with Gasteiger partial charge in [-0.25, -0.2) is 15.0 Å². The summed E-state index contributed by atoms with van der Waals surface area (Å²) in [6.45, 7) is 0. The molecule has 0 radical (unpaired) electrons. The maximum Gasteiger partial charge on any atom is 0.164 e. The Kier molecular flexibility index (Phi) is 8.36. The summed E-state index contributed by atoms with van der Waals surface area (Å²) in [4.78, 5) is 15.3. The minimum atomic E-state index is 0.631. The van der Waals surface area contributed by atoms with E-state index in [0.29, 0.717) is 17.5 Å². The Balaban J connectivity index is 1.24. The first-order chi connectivity index (χ1) is 27.2. The van der Waals surface area contributed by atoms with E-state index in [2.05, 4.69) is 164 Å². The van der Waals surface area contributed by atoms with Crippen LogP contribution in [0.3, 0.4) is 0 Å². The average Bonchev–Trinajstić information content (AvgIpc) is 3.65. The van der Waals surface area contributed by atoms with Gasteiger partial charge in [0.05, 0.1) is 0 Å². The highest BCUT2D eigenvalue weighted by atomic mass is 32.1. The van der Waals surface area contributed by atoms with Crippen molar-refractivity contribution in [3.63, 3.8) is 0 Å². The Morgan fingerprint density at radius 3 is 1.22 bits per heavy atom. The highest BCUT2D eigenvalue weighted by Gasteiger charge is 2.18. The van der Waals surface area contributed by atoms with E-state index in [1.54, 1.807) is 0 Å². The van der Waals surface area contributed by atoms with Crippen molar-refractivity contribution < 1.29 is 0 Å². The summed E-state index contributed by atoms with van der Waals surface area (Å²) in [5.74, 6) is 1.91. The van der Waals surface area contributed by atoms with Gasteiger partial charge in [-0.2, -0.15) is 0 Å². The summed E-state index contributed by atoms with van der Waals surface area (Å²) in [7, 11) is 0. The molecule has 0 amide bonds. The Morgan fingerprint density at radius 2 is 0.691 bits per heavy atom. The minimum absolute atomic E-state index is 0.631. The van der Waals surface area contributed by atoms with Gasteiger partial charge in [0, 0.05) is 42.4 Å². The first kappa shape index (κ1) is 32.6. The largest absolute Gasteiger partial charge is 0.208 e. The van der Waals surface area contributed by atoms with Crippen LogP contribution in [0.15, 0.2) is 200 Å². The monoisotopic (exact) mass is 719 g/mol. The van der Waals surface area contributed by atoms with Gasteiger partial charge in [-0.1, -0.05) is 164 Å². The molecule has 3 nitrogen and oxygen atoms in total. The number of rotatable bonds is 7. The summed E-state index contributed by atoms with van der Waals surface area (Å²) in [5.41, 5.74) is 12.1. The van der Waals surface area contributed by atoms with Crippen LogP contribution in [-0.4, -0.2) is 15.0 Å². The van der Waals surface area contributed by atoms with Gasteiger partial charge in [0.25, 0.3) is 0 Å². The average molecular weight is 720 g/mol. The lowest BCUT2D eigenvalue weighted by atomic mass is 9.92. The molecule has 8 aromatic carbocycles. The van der Waals surface area contributed by atoms with Crippen molar-refractivity contribution in [3.8, 4) is 78.7 Å². The van der Waals surface area contributed by atoms with Crippen molar-refractivity contribution in [1.82, 2.24) is 15.0 Å². The van der Waals surface area contributed by atoms with E-state index < -0.39 is 0 Å². The zero-order valence-corrected chi connectivity index (χ0v) is 30.6. The molecule has 0 saturated carbocycles. The predicted octanol–water partition coefficient (Wildman–Crippen LogP) is 13.9. The van der Waals surface area contributed by atoms with Crippen LogP contribution in [0.1, 0.15) is 0 Å². The highest BCUT2D eigenvalue weighted by Crippen LogP contribution is 2.45. The summed E-state index contributed by atoms with van der Waals surface area (Å²) < 4.78 is 2.52. The van der Waals surface area contributed by atoms with Crippen LogP contribution in [-0.2, 0) is 0 Å². The molecule has 10 aromatic rings. The SMILES string of the molecule is c1ccc(-c2cc(-c3nc(-c4ccccc4)nc(-c4ccccc4)n3)cc(-c3cc(-c4ccccc4)cc4c3sc3cc(-c5ccccc5)ccc34)c2)cc1. The number of hydrogen-bond donors (Lipinski definition) is 0. The highest BCUT2D eigenvalue weighted by molar-refractivity contribution is 7.26. The lowest BCUT2D eigenvalue weighted by Gasteiger charge is -2.14. The maximum atomic E-state index is 5.15. The molecule has 0 fully saturated rings. The lowest BCUT2D eigenvalue weighted by molar-refractivity contribution is 1.07. The number of fused-ring (bicyclic) bond motifs is 3. The van der Waals surface area contributed by atoms with E-state index in [4.69, 9.17) is 15.0 Å². The molecule has 0 bridgehead atoms. The van der Waals surface area contributed by atoms with Crippen molar-refractivity contribution in [2.75, 3.05) is 0 Å². The summed E-state index contributed by atoms with van der Waals surface area (Å²) >= 11 is 1.86. The van der Waals surface area contributed by atoms with Crippen molar-refractivity contribution >= 4 is 31.5 Å². The molecule has 2 aromatic heterocycles. The van der Waals surface area contributed by atoms with Gasteiger partial charge in [0.2, 0.25) is 0 Å². The molecular weight excluding hydrogens is 687 g/mol. The number of aromatic nitrogens is 3. The zero-order chi connectivity index (χ0) is 36.6. The molecule has 258 valence electrons. The van der Waals surface area contributed by atoms with Gasteiger partial charge in [-0.15, -0.1) is 11.3 Å². The number of benzene rings is 8. The van der Waals surface area contributed by atoms with Crippen LogP contribution in [0.25, 0.3) is 98.8 Å². The predicted molar refractivity (Wildman–Crippen MR) is 231 cm³/mol. The number of thiophene rings is 1. The summed E-state index contributed by atoms with van der Waals surface area (Å²) in [6.07, 6.45) is 0. The Labute approximate surface area is 323 Å². The summed E-state index contributed by atoms with van der Waals surface area (Å²) in [5, 5.41) is 2.51. The van der Waals surface area contributed by atoms with Crippen LogP contribution in [0.4, 0.5) is 0 Å². The maximum absolute atomic E-state index is 5.15. The smallest absolute Gasteiger partial charge is 0.164 e. The Morgan fingerprint density at radius 1 is 0.273 bits per heavy atom. The molecule has 0 N–H and O–H groups in total. The Bertz CT molecular complexity index is 2890. The second-order valence-electron chi connectivity index (χ2n) is 13.6. The first-order valence-electron chi connectivity index (χ1n) is 18.4. The van der Waals surface area contributed by atoms with E-state index in [1.807, 2.05) is 47.7 Å². The number of nitrogens with zero attached hydrogens (tertiary/aromatic N) is 3. The van der Waals surface area contributed by atoms with E-state index in [0.717, 1.165) is 33.4 Å². The van der Waals surface area contributed by atoms with Crippen molar-refractivity contribution in [3.05, 3.63) is 200 Å². The molecular formula is C51H33N3S. The van der Waals surface area contributed by atoms with Gasteiger partial charge < -0.3 is 0 Å². The Hall–Kier alpha value is -7.01. The zero-order valence-electron chi connectivity index (χ0n) is 29.8. The fourth-order valence-electron chi connectivity index (χ4n) is 7.35. The van der Waals surface area contributed by atoms with Crippen molar-refractivity contribution in [1.29, 1.82) is 0 Å². The molecule has 0 aliphatic rings. The van der Waals surface area contributed by atoms with Gasteiger partial charge >= 0.3 is 0 Å². The summed E-state index contributed by atoms with van der Waals surface area (Å²) in [6, 6.07) is 70.6. The molecule has 0 atom stereocenters. The van der Waals surface area contributed by atoms with Crippen LogP contribution in [0, 0.1) is 0 Å². The molecule has 0 aliphatic heterocycles. The molecule has 0 unspecified atom stereocenters. The van der Waals surface area contributed by atoms with Crippen LogP contribution in [0.5, 0.6) is 0 Å².